The van der Waals surface area contributed by atoms with E-state index in [4.69, 9.17) is 14.6 Å². The number of methoxy groups -OCH3 is 1. The SMILES string of the molecule is COC(=O)c1ccccc1-c1c2ccc(=N)cc-2oc2c1c(O)cc1ccccc12.Cl. The van der Waals surface area contributed by atoms with Gasteiger partial charge in [-0.05, 0) is 35.2 Å². The number of carbonyl (C=O) groups is 1. The summed E-state index contributed by atoms with van der Waals surface area (Å²) in [5.41, 5.74) is 2.86. The standard InChI is InChI=1S/C25H17NO4.ClH/c1-29-25(28)18-9-5-4-8-17(18)22-19-11-10-15(26)13-21(19)30-24-16-7-3-2-6-14(16)12-20(27)23(22)24;/h2-13,26-27H,1H3;1H. The Morgan fingerprint density at radius 3 is 2.52 bits per heavy atom. The molecule has 0 bridgehead atoms. The normalized spacial score (nSPS) is 10.9. The molecular formula is C25H18ClNO4. The summed E-state index contributed by atoms with van der Waals surface area (Å²) in [5, 5.41) is 21.5. The van der Waals surface area contributed by atoms with Crippen LogP contribution in [0.25, 0.3) is 44.2 Å². The lowest BCUT2D eigenvalue weighted by Crippen LogP contribution is -2.05. The molecule has 1 aliphatic heterocycles. The maximum Gasteiger partial charge on any atom is 0.338 e. The number of nitrogens with one attached hydrogen (secondary N) is 1. The van der Waals surface area contributed by atoms with E-state index in [0.29, 0.717) is 44.3 Å². The molecule has 0 aromatic heterocycles. The molecule has 2 aliphatic rings. The van der Waals surface area contributed by atoms with E-state index in [1.54, 1.807) is 36.4 Å². The van der Waals surface area contributed by atoms with Gasteiger partial charge in [0, 0.05) is 22.6 Å². The molecule has 1 heterocycles. The number of ether oxygens (including phenoxy) is 1. The first-order chi connectivity index (χ1) is 14.6. The lowest BCUT2D eigenvalue weighted by molar-refractivity contribution is 0.0601. The molecule has 3 aromatic carbocycles. The van der Waals surface area contributed by atoms with Crippen LogP contribution in [0.4, 0.5) is 0 Å². The van der Waals surface area contributed by atoms with Crippen LogP contribution in [0.5, 0.6) is 5.75 Å². The number of aromatic hydroxyl groups is 1. The quantitative estimate of drug-likeness (QED) is 0.212. The van der Waals surface area contributed by atoms with Gasteiger partial charge in [-0.15, -0.1) is 12.4 Å². The van der Waals surface area contributed by atoms with Crippen molar-refractivity contribution in [2.24, 2.45) is 0 Å². The lowest BCUT2D eigenvalue weighted by atomic mass is 9.89. The molecule has 0 unspecified atom stereocenters. The Kier molecular flexibility index (Phi) is 5.13. The number of fused-ring (bicyclic) bond motifs is 4. The molecule has 31 heavy (non-hydrogen) atoms. The summed E-state index contributed by atoms with van der Waals surface area (Å²) in [4.78, 5) is 12.5. The molecule has 0 saturated carbocycles. The van der Waals surface area contributed by atoms with Gasteiger partial charge in [-0.2, -0.15) is 0 Å². The van der Waals surface area contributed by atoms with Crippen molar-refractivity contribution in [3.05, 3.63) is 83.7 Å². The fourth-order valence-corrected chi connectivity index (χ4v) is 3.97. The third kappa shape index (κ3) is 3.20. The molecule has 0 amide bonds. The van der Waals surface area contributed by atoms with Crippen LogP contribution in [0.1, 0.15) is 10.4 Å². The van der Waals surface area contributed by atoms with E-state index in [1.807, 2.05) is 36.4 Å². The number of halogens is 1. The molecule has 0 atom stereocenters. The van der Waals surface area contributed by atoms with E-state index in [2.05, 4.69) is 0 Å². The minimum atomic E-state index is -0.468. The van der Waals surface area contributed by atoms with Gasteiger partial charge in [0.2, 0.25) is 0 Å². The molecule has 0 radical (unpaired) electrons. The van der Waals surface area contributed by atoms with Gasteiger partial charge in [0.1, 0.15) is 17.1 Å². The second kappa shape index (κ2) is 7.78. The van der Waals surface area contributed by atoms with E-state index < -0.39 is 5.97 Å². The first-order valence-electron chi connectivity index (χ1n) is 9.42. The van der Waals surface area contributed by atoms with Crippen LogP contribution in [0, 0.1) is 5.41 Å². The third-order valence-corrected chi connectivity index (χ3v) is 5.30. The van der Waals surface area contributed by atoms with Crippen molar-refractivity contribution in [3.63, 3.8) is 0 Å². The van der Waals surface area contributed by atoms with Crippen molar-refractivity contribution in [1.82, 2.24) is 0 Å². The van der Waals surface area contributed by atoms with Gasteiger partial charge in [-0.1, -0.05) is 42.5 Å². The Bertz CT molecular complexity index is 1490. The predicted molar refractivity (Wildman–Crippen MR) is 122 cm³/mol. The number of rotatable bonds is 2. The van der Waals surface area contributed by atoms with E-state index in [0.717, 1.165) is 10.8 Å². The van der Waals surface area contributed by atoms with Gasteiger partial charge in [-0.25, -0.2) is 4.79 Å². The van der Waals surface area contributed by atoms with Crippen LogP contribution in [0.15, 0.2) is 77.2 Å². The van der Waals surface area contributed by atoms with Crippen LogP contribution in [-0.4, -0.2) is 18.2 Å². The summed E-state index contributed by atoms with van der Waals surface area (Å²) < 4.78 is 11.2. The number of phenols is 1. The summed E-state index contributed by atoms with van der Waals surface area (Å²) in [7, 11) is 1.34. The second-order valence-electron chi connectivity index (χ2n) is 7.05. The first-order valence-corrected chi connectivity index (χ1v) is 9.42. The number of esters is 1. The van der Waals surface area contributed by atoms with E-state index in [-0.39, 0.29) is 18.2 Å². The fourth-order valence-electron chi connectivity index (χ4n) is 3.97. The number of hydrogen-bond donors (Lipinski definition) is 2. The molecule has 5 nitrogen and oxygen atoms in total. The summed E-state index contributed by atoms with van der Waals surface area (Å²) >= 11 is 0. The fraction of sp³-hybridized carbons (Fsp3) is 0.0400. The van der Waals surface area contributed by atoms with Crippen LogP contribution in [0.2, 0.25) is 0 Å². The summed E-state index contributed by atoms with van der Waals surface area (Å²) in [6.07, 6.45) is 0. The van der Waals surface area contributed by atoms with Gasteiger partial charge >= 0.3 is 5.97 Å². The van der Waals surface area contributed by atoms with Crippen molar-refractivity contribution in [2.75, 3.05) is 7.11 Å². The van der Waals surface area contributed by atoms with Crippen molar-refractivity contribution >= 4 is 40.1 Å². The molecule has 0 saturated heterocycles. The highest BCUT2D eigenvalue weighted by molar-refractivity contribution is 6.16. The topological polar surface area (TPSA) is 83.5 Å². The molecule has 6 heteroatoms. The monoisotopic (exact) mass is 431 g/mol. The van der Waals surface area contributed by atoms with Crippen LogP contribution >= 0.6 is 12.4 Å². The highest BCUT2D eigenvalue weighted by Gasteiger charge is 2.24. The largest absolute Gasteiger partial charge is 0.507 e. The van der Waals surface area contributed by atoms with Crippen LogP contribution in [-0.2, 0) is 4.74 Å². The number of hydrogen-bond acceptors (Lipinski definition) is 5. The molecule has 154 valence electrons. The zero-order chi connectivity index (χ0) is 20.8. The molecule has 1 aliphatic carbocycles. The predicted octanol–water partition coefficient (Wildman–Crippen LogP) is 5.75. The minimum Gasteiger partial charge on any atom is -0.507 e. The van der Waals surface area contributed by atoms with Crippen molar-refractivity contribution in [3.8, 4) is 28.2 Å². The molecule has 0 fully saturated rings. The number of benzene rings is 4. The lowest BCUT2D eigenvalue weighted by Gasteiger charge is -2.19. The van der Waals surface area contributed by atoms with Gasteiger partial charge in [0.15, 0.2) is 0 Å². The van der Waals surface area contributed by atoms with Crippen LogP contribution < -0.4 is 5.36 Å². The highest BCUT2D eigenvalue weighted by Crippen LogP contribution is 2.46. The third-order valence-electron chi connectivity index (χ3n) is 5.30. The van der Waals surface area contributed by atoms with Crippen LogP contribution in [0.3, 0.4) is 0 Å². The zero-order valence-electron chi connectivity index (χ0n) is 16.5. The Hall–Kier alpha value is -3.83. The number of phenolic OH excluding ortho intramolecular Hbond substituents is 1. The number of carbonyl (C=O) groups excluding carboxylic acids is 1. The first kappa shape index (κ1) is 20.4. The zero-order valence-corrected chi connectivity index (χ0v) is 17.3. The molecule has 0 spiro atoms. The highest BCUT2D eigenvalue weighted by atomic mass is 35.5. The summed E-state index contributed by atoms with van der Waals surface area (Å²) in [6, 6.07) is 21.5. The molecule has 5 rings (SSSR count). The Balaban J connectivity index is 0.00000231. The Morgan fingerprint density at radius 2 is 1.71 bits per heavy atom. The Morgan fingerprint density at radius 1 is 0.968 bits per heavy atom. The molecular weight excluding hydrogens is 414 g/mol. The van der Waals surface area contributed by atoms with Gasteiger partial charge in [0.25, 0.3) is 0 Å². The summed E-state index contributed by atoms with van der Waals surface area (Å²) in [5.74, 6) is 0.0875. The molecule has 2 N–H and O–H groups in total. The van der Waals surface area contributed by atoms with Gasteiger partial charge in [0.05, 0.1) is 23.4 Å². The van der Waals surface area contributed by atoms with E-state index >= 15 is 0 Å². The van der Waals surface area contributed by atoms with Gasteiger partial charge in [-0.3, -0.25) is 0 Å². The van der Waals surface area contributed by atoms with Crippen molar-refractivity contribution < 1.29 is 19.1 Å². The van der Waals surface area contributed by atoms with E-state index in [9.17, 15) is 9.90 Å². The van der Waals surface area contributed by atoms with E-state index in [1.165, 1.54) is 7.11 Å². The summed E-state index contributed by atoms with van der Waals surface area (Å²) in [6.45, 7) is 0. The Labute approximate surface area is 183 Å². The maximum atomic E-state index is 12.5. The van der Waals surface area contributed by atoms with Gasteiger partial charge < -0.3 is 19.7 Å². The van der Waals surface area contributed by atoms with Crippen molar-refractivity contribution in [1.29, 1.82) is 5.41 Å². The maximum absolute atomic E-state index is 12.5. The smallest absolute Gasteiger partial charge is 0.338 e. The molecule has 3 aromatic rings. The average Bonchev–Trinajstić information content (AvgIpc) is 2.77. The average molecular weight is 432 g/mol. The second-order valence-corrected chi connectivity index (χ2v) is 7.05. The minimum absolute atomic E-state index is 0. The van der Waals surface area contributed by atoms with Crippen molar-refractivity contribution in [2.45, 2.75) is 0 Å².